The summed E-state index contributed by atoms with van der Waals surface area (Å²) in [5.74, 6) is 2.09. The summed E-state index contributed by atoms with van der Waals surface area (Å²) in [6, 6.07) is 8.11. The van der Waals surface area contributed by atoms with E-state index in [1.807, 2.05) is 19.1 Å². The topological polar surface area (TPSA) is 42.2 Å². The smallest absolute Gasteiger partial charge is 0.231 e. The Morgan fingerprint density at radius 2 is 2.00 bits per heavy atom. The maximum atomic E-state index is 5.98. The van der Waals surface area contributed by atoms with E-state index in [-0.39, 0.29) is 5.92 Å². The van der Waals surface area contributed by atoms with Crippen molar-refractivity contribution in [2.45, 2.75) is 25.2 Å². The number of aryl methyl sites for hydroxylation is 1. The molecule has 1 aliphatic rings. The fourth-order valence-electron chi connectivity index (χ4n) is 2.94. The summed E-state index contributed by atoms with van der Waals surface area (Å²) < 4.78 is 5.41. The molecular formula is C15H18ClN3O. The zero-order valence-corrected chi connectivity index (χ0v) is 12.5. The fourth-order valence-corrected chi connectivity index (χ4v) is 3.06. The maximum absolute atomic E-state index is 5.98. The van der Waals surface area contributed by atoms with Crippen LogP contribution in [0.1, 0.15) is 35.5 Å². The Kier molecular flexibility index (Phi) is 3.76. The van der Waals surface area contributed by atoms with Crippen LogP contribution in [0.15, 0.2) is 28.8 Å². The van der Waals surface area contributed by atoms with E-state index in [0.29, 0.717) is 11.7 Å². The average Bonchev–Trinajstić information content (AvgIpc) is 2.86. The summed E-state index contributed by atoms with van der Waals surface area (Å²) in [5.41, 5.74) is 1.29. The number of hydrogen-bond donors (Lipinski definition) is 0. The molecule has 0 spiro atoms. The van der Waals surface area contributed by atoms with Crippen LogP contribution >= 0.6 is 11.6 Å². The Morgan fingerprint density at radius 3 is 2.65 bits per heavy atom. The van der Waals surface area contributed by atoms with Gasteiger partial charge in [-0.3, -0.25) is 0 Å². The van der Waals surface area contributed by atoms with Crippen molar-refractivity contribution < 1.29 is 4.52 Å². The van der Waals surface area contributed by atoms with Gasteiger partial charge in [0.15, 0.2) is 5.82 Å². The number of likely N-dealkylation sites (tertiary alicyclic amines) is 1. The van der Waals surface area contributed by atoms with E-state index in [1.165, 1.54) is 5.56 Å². The molecule has 20 heavy (non-hydrogen) atoms. The van der Waals surface area contributed by atoms with Gasteiger partial charge in [-0.25, -0.2) is 0 Å². The van der Waals surface area contributed by atoms with Crippen molar-refractivity contribution >= 4 is 11.6 Å². The molecule has 1 aromatic heterocycles. The van der Waals surface area contributed by atoms with Crippen molar-refractivity contribution in [1.29, 1.82) is 0 Å². The molecule has 2 aromatic rings. The number of rotatable bonds is 2. The van der Waals surface area contributed by atoms with Gasteiger partial charge in [0.2, 0.25) is 5.89 Å². The predicted molar refractivity (Wildman–Crippen MR) is 78.1 cm³/mol. The standard InChI is InChI=1S/C15H18ClN3O/c1-10-17-15(20-18-10)14-9-19(2)8-7-13(14)11-3-5-12(16)6-4-11/h3-6,13-14H,7-9H2,1-2H3/t13-,14?/m0/s1. The Morgan fingerprint density at radius 1 is 1.25 bits per heavy atom. The normalized spacial score (nSPS) is 23.9. The lowest BCUT2D eigenvalue weighted by molar-refractivity contribution is 0.198. The lowest BCUT2D eigenvalue weighted by Gasteiger charge is -2.35. The predicted octanol–water partition coefficient (Wildman–Crippen LogP) is 3.23. The Bertz CT molecular complexity index is 581. The van der Waals surface area contributed by atoms with Gasteiger partial charge in [0.25, 0.3) is 0 Å². The number of benzene rings is 1. The molecule has 0 aliphatic carbocycles. The summed E-state index contributed by atoms with van der Waals surface area (Å²) in [4.78, 5) is 6.75. The number of halogens is 1. The van der Waals surface area contributed by atoms with Crippen molar-refractivity contribution in [2.75, 3.05) is 20.1 Å². The Labute approximate surface area is 123 Å². The van der Waals surface area contributed by atoms with Crippen molar-refractivity contribution in [3.63, 3.8) is 0 Å². The molecular weight excluding hydrogens is 274 g/mol. The van der Waals surface area contributed by atoms with Gasteiger partial charge in [0.05, 0.1) is 5.92 Å². The summed E-state index contributed by atoms with van der Waals surface area (Å²) in [7, 11) is 2.13. The molecule has 0 bridgehead atoms. The van der Waals surface area contributed by atoms with E-state index in [0.717, 1.165) is 30.4 Å². The van der Waals surface area contributed by atoms with E-state index in [9.17, 15) is 0 Å². The Balaban J connectivity index is 1.92. The molecule has 0 radical (unpaired) electrons. The summed E-state index contributed by atoms with van der Waals surface area (Å²) in [6.45, 7) is 3.88. The molecule has 5 heteroatoms. The lowest BCUT2D eigenvalue weighted by Crippen LogP contribution is -2.35. The molecule has 1 saturated heterocycles. The first kappa shape index (κ1) is 13.6. The minimum absolute atomic E-state index is 0.246. The van der Waals surface area contributed by atoms with E-state index in [1.54, 1.807) is 0 Å². The van der Waals surface area contributed by atoms with Gasteiger partial charge in [-0.1, -0.05) is 28.9 Å². The highest BCUT2D eigenvalue weighted by Gasteiger charge is 2.33. The number of piperidine rings is 1. The average molecular weight is 292 g/mol. The molecule has 0 N–H and O–H groups in total. The highest BCUT2D eigenvalue weighted by molar-refractivity contribution is 6.30. The molecule has 2 heterocycles. The van der Waals surface area contributed by atoms with Crippen molar-refractivity contribution in [1.82, 2.24) is 15.0 Å². The monoisotopic (exact) mass is 291 g/mol. The summed E-state index contributed by atoms with van der Waals surface area (Å²) in [5, 5.41) is 4.70. The van der Waals surface area contributed by atoms with Crippen LogP contribution in [-0.2, 0) is 0 Å². The van der Waals surface area contributed by atoms with Crippen molar-refractivity contribution in [2.24, 2.45) is 0 Å². The largest absolute Gasteiger partial charge is 0.339 e. The first-order valence-electron chi connectivity index (χ1n) is 6.87. The van der Waals surface area contributed by atoms with E-state index >= 15 is 0 Å². The van der Waals surface area contributed by atoms with Gasteiger partial charge in [0, 0.05) is 11.6 Å². The third kappa shape index (κ3) is 2.72. The van der Waals surface area contributed by atoms with Crippen molar-refractivity contribution in [3.8, 4) is 0 Å². The van der Waals surface area contributed by atoms with Gasteiger partial charge < -0.3 is 9.42 Å². The minimum atomic E-state index is 0.246. The second-order valence-corrected chi connectivity index (χ2v) is 5.93. The molecule has 1 unspecified atom stereocenters. The Hall–Kier alpha value is -1.39. The number of likely N-dealkylation sites (N-methyl/N-ethyl adjacent to an activating group) is 1. The van der Waals surface area contributed by atoms with Crippen LogP contribution in [0.5, 0.6) is 0 Å². The van der Waals surface area contributed by atoms with Crippen LogP contribution in [-0.4, -0.2) is 35.2 Å². The third-order valence-corrected chi connectivity index (χ3v) is 4.23. The summed E-state index contributed by atoms with van der Waals surface area (Å²) >= 11 is 5.98. The molecule has 1 fully saturated rings. The quantitative estimate of drug-likeness (QED) is 0.852. The van der Waals surface area contributed by atoms with Gasteiger partial charge in [0.1, 0.15) is 0 Å². The van der Waals surface area contributed by atoms with Gasteiger partial charge in [-0.15, -0.1) is 0 Å². The second kappa shape index (κ2) is 5.54. The van der Waals surface area contributed by atoms with Crippen LogP contribution in [0.4, 0.5) is 0 Å². The molecule has 3 rings (SSSR count). The molecule has 0 saturated carbocycles. The SMILES string of the molecule is Cc1noc(C2CN(C)CC[C@H]2c2ccc(Cl)cc2)n1. The maximum Gasteiger partial charge on any atom is 0.231 e. The van der Waals surface area contributed by atoms with Gasteiger partial charge in [-0.05, 0) is 50.6 Å². The van der Waals surface area contributed by atoms with Crippen LogP contribution in [0.2, 0.25) is 5.02 Å². The minimum Gasteiger partial charge on any atom is -0.339 e. The van der Waals surface area contributed by atoms with Gasteiger partial charge in [-0.2, -0.15) is 4.98 Å². The number of nitrogens with zero attached hydrogens (tertiary/aromatic N) is 3. The van der Waals surface area contributed by atoms with Crippen LogP contribution in [0.25, 0.3) is 0 Å². The van der Waals surface area contributed by atoms with E-state index in [2.05, 4.69) is 34.2 Å². The first-order chi connectivity index (χ1) is 9.63. The summed E-state index contributed by atoms with van der Waals surface area (Å²) in [6.07, 6.45) is 1.09. The molecule has 106 valence electrons. The van der Waals surface area contributed by atoms with Crippen LogP contribution < -0.4 is 0 Å². The van der Waals surface area contributed by atoms with E-state index in [4.69, 9.17) is 16.1 Å². The molecule has 4 nitrogen and oxygen atoms in total. The third-order valence-electron chi connectivity index (χ3n) is 3.97. The van der Waals surface area contributed by atoms with Crippen LogP contribution in [0.3, 0.4) is 0 Å². The molecule has 2 atom stereocenters. The zero-order valence-electron chi connectivity index (χ0n) is 11.7. The van der Waals surface area contributed by atoms with Gasteiger partial charge >= 0.3 is 0 Å². The fraction of sp³-hybridized carbons (Fsp3) is 0.467. The highest BCUT2D eigenvalue weighted by atomic mass is 35.5. The number of hydrogen-bond acceptors (Lipinski definition) is 4. The number of aromatic nitrogens is 2. The first-order valence-corrected chi connectivity index (χ1v) is 7.25. The van der Waals surface area contributed by atoms with Crippen molar-refractivity contribution in [3.05, 3.63) is 46.6 Å². The van der Waals surface area contributed by atoms with E-state index < -0.39 is 0 Å². The lowest BCUT2D eigenvalue weighted by atomic mass is 9.80. The zero-order chi connectivity index (χ0) is 14.1. The second-order valence-electron chi connectivity index (χ2n) is 5.50. The molecule has 0 amide bonds. The molecule has 1 aromatic carbocycles. The van der Waals surface area contributed by atoms with Crippen LogP contribution in [0, 0.1) is 6.92 Å². The molecule has 1 aliphatic heterocycles. The highest BCUT2D eigenvalue weighted by Crippen LogP contribution is 2.38.